The number of aromatic nitrogens is 4. The SMILES string of the molecule is CC(=O)S/C=C\n1nnnc1C. The van der Waals surface area contributed by atoms with Gasteiger partial charge in [-0.05, 0) is 22.8 Å². The molecule has 64 valence electrons. The van der Waals surface area contributed by atoms with Gasteiger partial charge in [-0.2, -0.15) is 0 Å². The van der Waals surface area contributed by atoms with Crippen molar-refractivity contribution < 1.29 is 4.79 Å². The Hall–Kier alpha value is -1.17. The number of hydrogen-bond donors (Lipinski definition) is 0. The first kappa shape index (κ1) is 8.92. The van der Waals surface area contributed by atoms with Crippen molar-refractivity contribution in [1.82, 2.24) is 20.2 Å². The number of tetrazole rings is 1. The second kappa shape index (κ2) is 4.01. The maximum absolute atomic E-state index is 10.5. The summed E-state index contributed by atoms with van der Waals surface area (Å²) in [5, 5.41) is 12.4. The molecule has 0 N–H and O–H groups in total. The molecular weight excluding hydrogens is 176 g/mol. The first-order chi connectivity index (χ1) is 5.70. The topological polar surface area (TPSA) is 60.7 Å². The molecule has 0 fully saturated rings. The smallest absolute Gasteiger partial charge is 0.190 e. The quantitative estimate of drug-likeness (QED) is 0.676. The number of rotatable bonds is 2. The third-order valence-corrected chi connectivity index (χ3v) is 1.68. The summed E-state index contributed by atoms with van der Waals surface area (Å²) in [5.74, 6) is 0.690. The molecule has 1 rings (SSSR count). The molecule has 6 heteroatoms. The van der Waals surface area contributed by atoms with E-state index in [-0.39, 0.29) is 5.12 Å². The van der Waals surface area contributed by atoms with Crippen LogP contribution in [0.4, 0.5) is 0 Å². The Labute approximate surface area is 73.8 Å². The highest BCUT2D eigenvalue weighted by Crippen LogP contribution is 2.03. The van der Waals surface area contributed by atoms with E-state index in [1.807, 2.05) is 0 Å². The van der Waals surface area contributed by atoms with Crippen molar-refractivity contribution in [2.45, 2.75) is 13.8 Å². The number of carbonyl (C=O) groups excluding carboxylic acids is 1. The molecule has 0 aliphatic carbocycles. The summed E-state index contributed by atoms with van der Waals surface area (Å²) in [6, 6.07) is 0. The highest BCUT2D eigenvalue weighted by atomic mass is 32.2. The first-order valence-electron chi connectivity index (χ1n) is 3.28. The monoisotopic (exact) mass is 184 g/mol. The fourth-order valence-electron chi connectivity index (χ4n) is 0.560. The summed E-state index contributed by atoms with van der Waals surface area (Å²) in [7, 11) is 0. The second-order valence-corrected chi connectivity index (χ2v) is 3.15. The maximum Gasteiger partial charge on any atom is 0.190 e. The lowest BCUT2D eigenvalue weighted by Gasteiger charge is -1.89. The molecule has 0 amide bonds. The maximum atomic E-state index is 10.5. The zero-order valence-corrected chi connectivity index (χ0v) is 7.58. The van der Waals surface area contributed by atoms with E-state index in [1.165, 1.54) is 11.6 Å². The van der Waals surface area contributed by atoms with Crippen molar-refractivity contribution in [3.05, 3.63) is 11.2 Å². The third-order valence-electron chi connectivity index (χ3n) is 1.09. The molecule has 1 heterocycles. The minimum atomic E-state index is 0.0389. The summed E-state index contributed by atoms with van der Waals surface area (Å²) in [4.78, 5) is 10.5. The molecule has 0 spiro atoms. The molecule has 0 bridgehead atoms. The van der Waals surface area contributed by atoms with E-state index in [2.05, 4.69) is 15.5 Å². The van der Waals surface area contributed by atoms with Gasteiger partial charge in [-0.15, -0.1) is 5.10 Å². The molecular formula is C6H8N4OS. The van der Waals surface area contributed by atoms with Gasteiger partial charge in [-0.1, -0.05) is 11.8 Å². The second-order valence-electron chi connectivity index (χ2n) is 2.07. The Bertz CT molecular complexity index is 306. The van der Waals surface area contributed by atoms with Crippen LogP contribution in [0, 0.1) is 6.92 Å². The number of aryl methyl sites for hydroxylation is 1. The zero-order chi connectivity index (χ0) is 8.97. The standard InChI is InChI=1S/C6H8N4OS/c1-5-7-8-9-10(5)3-4-12-6(2)11/h3-4H,1-2H3/b4-3-. The molecule has 0 aliphatic rings. The third kappa shape index (κ3) is 2.46. The summed E-state index contributed by atoms with van der Waals surface area (Å²) >= 11 is 1.10. The normalized spacial score (nSPS) is 10.8. The predicted octanol–water partition coefficient (Wildman–Crippen LogP) is 0.689. The largest absolute Gasteiger partial charge is 0.287 e. The fourth-order valence-corrected chi connectivity index (χ4v) is 0.928. The molecule has 0 aromatic carbocycles. The van der Waals surface area contributed by atoms with Crippen molar-refractivity contribution in [2.75, 3.05) is 0 Å². The molecule has 1 aromatic heterocycles. The van der Waals surface area contributed by atoms with Gasteiger partial charge >= 0.3 is 0 Å². The highest BCUT2D eigenvalue weighted by molar-refractivity contribution is 8.16. The molecule has 0 atom stereocenters. The Balaban J connectivity index is 2.57. The van der Waals surface area contributed by atoms with Crippen LogP contribution in [0.25, 0.3) is 6.20 Å². The van der Waals surface area contributed by atoms with Gasteiger partial charge in [0, 0.05) is 13.1 Å². The minimum absolute atomic E-state index is 0.0389. The van der Waals surface area contributed by atoms with Gasteiger partial charge in [0.15, 0.2) is 10.9 Å². The molecule has 12 heavy (non-hydrogen) atoms. The first-order valence-corrected chi connectivity index (χ1v) is 4.16. The lowest BCUT2D eigenvalue weighted by Crippen LogP contribution is -1.91. The average molecular weight is 184 g/mol. The zero-order valence-electron chi connectivity index (χ0n) is 6.76. The van der Waals surface area contributed by atoms with Crippen molar-refractivity contribution in [1.29, 1.82) is 0 Å². The van der Waals surface area contributed by atoms with Gasteiger partial charge in [-0.3, -0.25) is 4.79 Å². The minimum Gasteiger partial charge on any atom is -0.287 e. The van der Waals surface area contributed by atoms with Crippen LogP contribution in [0.2, 0.25) is 0 Å². The van der Waals surface area contributed by atoms with Gasteiger partial charge in [0.05, 0.1) is 0 Å². The summed E-state index contributed by atoms with van der Waals surface area (Å²) in [5.41, 5.74) is 0. The lowest BCUT2D eigenvalue weighted by molar-refractivity contribution is -0.109. The van der Waals surface area contributed by atoms with Gasteiger partial charge in [0.2, 0.25) is 0 Å². The van der Waals surface area contributed by atoms with Crippen LogP contribution in [0.3, 0.4) is 0 Å². The van der Waals surface area contributed by atoms with E-state index in [0.717, 1.165) is 11.8 Å². The Morgan fingerprint density at radius 3 is 2.92 bits per heavy atom. The molecule has 1 aromatic rings. The number of nitrogens with zero attached hydrogens (tertiary/aromatic N) is 4. The summed E-state index contributed by atoms with van der Waals surface area (Å²) in [6.45, 7) is 3.28. The summed E-state index contributed by atoms with van der Waals surface area (Å²) in [6.07, 6.45) is 1.64. The van der Waals surface area contributed by atoms with Crippen molar-refractivity contribution >= 4 is 23.1 Å². The van der Waals surface area contributed by atoms with Gasteiger partial charge < -0.3 is 0 Å². The number of thioether (sulfide) groups is 1. The number of hydrogen-bond acceptors (Lipinski definition) is 5. The lowest BCUT2D eigenvalue weighted by atomic mass is 10.7. The highest BCUT2D eigenvalue weighted by Gasteiger charge is 1.94. The molecule has 0 saturated heterocycles. The van der Waals surface area contributed by atoms with E-state index >= 15 is 0 Å². The Morgan fingerprint density at radius 1 is 1.67 bits per heavy atom. The van der Waals surface area contributed by atoms with E-state index in [0.29, 0.717) is 5.82 Å². The predicted molar refractivity (Wildman–Crippen MR) is 46.2 cm³/mol. The average Bonchev–Trinajstić information content (AvgIpc) is 2.36. The molecule has 0 unspecified atom stereocenters. The van der Waals surface area contributed by atoms with Crippen LogP contribution in [0.1, 0.15) is 12.7 Å². The van der Waals surface area contributed by atoms with Gasteiger partial charge in [-0.25, -0.2) is 4.68 Å². The van der Waals surface area contributed by atoms with Gasteiger partial charge in [0.1, 0.15) is 0 Å². The van der Waals surface area contributed by atoms with Crippen LogP contribution in [0.15, 0.2) is 5.41 Å². The van der Waals surface area contributed by atoms with Gasteiger partial charge in [0.25, 0.3) is 0 Å². The molecule has 5 nitrogen and oxygen atoms in total. The van der Waals surface area contributed by atoms with Crippen LogP contribution in [0.5, 0.6) is 0 Å². The molecule has 0 saturated carbocycles. The summed E-state index contributed by atoms with van der Waals surface area (Å²) < 4.78 is 1.50. The fraction of sp³-hybridized carbons (Fsp3) is 0.333. The van der Waals surface area contributed by atoms with Crippen molar-refractivity contribution in [2.24, 2.45) is 0 Å². The van der Waals surface area contributed by atoms with Crippen LogP contribution < -0.4 is 0 Å². The van der Waals surface area contributed by atoms with Crippen LogP contribution in [-0.4, -0.2) is 25.3 Å². The van der Waals surface area contributed by atoms with E-state index in [1.54, 1.807) is 18.5 Å². The van der Waals surface area contributed by atoms with Crippen molar-refractivity contribution in [3.63, 3.8) is 0 Å². The van der Waals surface area contributed by atoms with Crippen LogP contribution in [-0.2, 0) is 4.79 Å². The van der Waals surface area contributed by atoms with E-state index in [4.69, 9.17) is 0 Å². The Kier molecular flexibility index (Phi) is 2.98. The van der Waals surface area contributed by atoms with E-state index in [9.17, 15) is 4.79 Å². The Morgan fingerprint density at radius 2 is 2.42 bits per heavy atom. The molecule has 0 aliphatic heterocycles. The van der Waals surface area contributed by atoms with E-state index < -0.39 is 0 Å². The van der Waals surface area contributed by atoms with Crippen LogP contribution >= 0.6 is 11.8 Å². The molecule has 0 radical (unpaired) electrons. The van der Waals surface area contributed by atoms with Crippen molar-refractivity contribution in [3.8, 4) is 0 Å². The number of carbonyl (C=O) groups is 1.